The Morgan fingerprint density at radius 3 is 2.28 bits per heavy atom. The molecule has 2 amide bonds. The maximum atomic E-state index is 13.3. The third-order valence-electron chi connectivity index (χ3n) is 6.23. The van der Waals surface area contributed by atoms with Crippen molar-refractivity contribution < 1.29 is 28.6 Å². The van der Waals surface area contributed by atoms with Crippen molar-refractivity contribution >= 4 is 17.8 Å². The van der Waals surface area contributed by atoms with E-state index in [0.717, 1.165) is 11.1 Å². The van der Waals surface area contributed by atoms with Gasteiger partial charge in [-0.15, -0.1) is 13.2 Å². The minimum atomic E-state index is -0.658. The van der Waals surface area contributed by atoms with Crippen LogP contribution in [0.15, 0.2) is 79.9 Å². The number of halogens is 1. The van der Waals surface area contributed by atoms with Crippen molar-refractivity contribution in [3.63, 3.8) is 0 Å². The number of nitrogens with one attached hydrogen (secondary N) is 2. The molecular formula is C31H39FN2O5. The van der Waals surface area contributed by atoms with Gasteiger partial charge in [0.25, 0.3) is 0 Å². The van der Waals surface area contributed by atoms with Crippen LogP contribution in [0.4, 0.5) is 4.39 Å². The fraction of sp³-hybridized carbons (Fsp3) is 0.387. The van der Waals surface area contributed by atoms with Crippen LogP contribution in [0.1, 0.15) is 36.8 Å². The van der Waals surface area contributed by atoms with Gasteiger partial charge in [0.1, 0.15) is 12.4 Å². The summed E-state index contributed by atoms with van der Waals surface area (Å²) >= 11 is 0. The lowest BCUT2D eigenvalue weighted by molar-refractivity contribution is -0.150. The molecule has 3 atom stereocenters. The first-order valence-electron chi connectivity index (χ1n) is 13.2. The third kappa shape index (κ3) is 12.1. The lowest BCUT2D eigenvalue weighted by Gasteiger charge is -2.24. The molecule has 2 aromatic rings. The Morgan fingerprint density at radius 2 is 1.64 bits per heavy atom. The quantitative estimate of drug-likeness (QED) is 0.197. The molecule has 0 saturated carbocycles. The summed E-state index contributed by atoms with van der Waals surface area (Å²) in [4.78, 5) is 38.5. The monoisotopic (exact) mass is 538 g/mol. The maximum absolute atomic E-state index is 13.3. The van der Waals surface area contributed by atoms with E-state index >= 15 is 0 Å². The second kappa shape index (κ2) is 17.7. The number of rotatable bonds is 18. The Balaban J connectivity index is 2.11. The second-order valence-corrected chi connectivity index (χ2v) is 9.42. The average molecular weight is 539 g/mol. The van der Waals surface area contributed by atoms with Crippen molar-refractivity contribution in [1.29, 1.82) is 0 Å². The number of aliphatic hydroxyl groups excluding tert-OH is 1. The molecule has 0 heterocycles. The summed E-state index contributed by atoms with van der Waals surface area (Å²) in [6.45, 7) is 7.30. The van der Waals surface area contributed by atoms with E-state index in [4.69, 9.17) is 9.84 Å². The molecule has 39 heavy (non-hydrogen) atoms. The second-order valence-electron chi connectivity index (χ2n) is 9.42. The Bertz CT molecular complexity index is 1060. The number of esters is 1. The average Bonchev–Trinajstić information content (AvgIpc) is 2.94. The molecule has 3 N–H and O–H groups in total. The van der Waals surface area contributed by atoms with Gasteiger partial charge in [-0.3, -0.25) is 14.4 Å². The summed E-state index contributed by atoms with van der Waals surface area (Å²) in [7, 11) is 0. The van der Waals surface area contributed by atoms with E-state index in [1.807, 2.05) is 30.3 Å². The SMILES string of the molecule is C=CCC[C@@H](Cc1ccc(F)cc1)C(=O)OC[C@@H](Cc1ccccc1)NC(=O)[C@H](CC=C)CC(=O)NCCO. The fourth-order valence-corrected chi connectivity index (χ4v) is 4.17. The highest BCUT2D eigenvalue weighted by Crippen LogP contribution is 2.18. The smallest absolute Gasteiger partial charge is 0.309 e. The molecule has 210 valence electrons. The van der Waals surface area contributed by atoms with Crippen LogP contribution in [0.5, 0.6) is 0 Å². The van der Waals surface area contributed by atoms with Crippen LogP contribution in [0.3, 0.4) is 0 Å². The van der Waals surface area contributed by atoms with Crippen LogP contribution in [-0.2, 0) is 32.0 Å². The van der Waals surface area contributed by atoms with Gasteiger partial charge in [-0.2, -0.15) is 0 Å². The van der Waals surface area contributed by atoms with Crippen LogP contribution in [0.25, 0.3) is 0 Å². The zero-order valence-corrected chi connectivity index (χ0v) is 22.3. The highest BCUT2D eigenvalue weighted by Gasteiger charge is 2.26. The van der Waals surface area contributed by atoms with Gasteiger partial charge in [-0.05, 0) is 55.4 Å². The van der Waals surface area contributed by atoms with Gasteiger partial charge in [-0.1, -0.05) is 54.6 Å². The molecule has 0 aliphatic carbocycles. The van der Waals surface area contributed by atoms with Gasteiger partial charge < -0.3 is 20.5 Å². The lowest BCUT2D eigenvalue weighted by atomic mass is 9.94. The zero-order valence-electron chi connectivity index (χ0n) is 22.3. The van der Waals surface area contributed by atoms with Crippen molar-refractivity contribution in [3.05, 3.63) is 96.9 Å². The number of amides is 2. The number of allylic oxidation sites excluding steroid dienone is 2. The van der Waals surface area contributed by atoms with E-state index in [-0.39, 0.29) is 50.2 Å². The minimum absolute atomic E-state index is 0.0506. The van der Waals surface area contributed by atoms with Gasteiger partial charge in [0.05, 0.1) is 24.5 Å². The Morgan fingerprint density at radius 1 is 0.949 bits per heavy atom. The van der Waals surface area contributed by atoms with Crippen LogP contribution in [0.2, 0.25) is 0 Å². The van der Waals surface area contributed by atoms with Gasteiger partial charge in [0.2, 0.25) is 11.8 Å². The topological polar surface area (TPSA) is 105 Å². The fourth-order valence-electron chi connectivity index (χ4n) is 4.17. The molecule has 0 aromatic heterocycles. The molecule has 2 rings (SSSR count). The van der Waals surface area contributed by atoms with Gasteiger partial charge in [-0.25, -0.2) is 4.39 Å². The Kier molecular flexibility index (Phi) is 14.2. The van der Waals surface area contributed by atoms with Crippen LogP contribution < -0.4 is 10.6 Å². The van der Waals surface area contributed by atoms with E-state index in [0.29, 0.717) is 25.7 Å². The summed E-state index contributed by atoms with van der Waals surface area (Å²) in [6, 6.07) is 15.0. The Hall–Kier alpha value is -3.78. The number of benzene rings is 2. The van der Waals surface area contributed by atoms with Crippen LogP contribution in [0, 0.1) is 17.7 Å². The molecule has 0 unspecified atom stereocenters. The van der Waals surface area contributed by atoms with Crippen molar-refractivity contribution in [2.75, 3.05) is 19.8 Å². The molecule has 2 aromatic carbocycles. The van der Waals surface area contributed by atoms with E-state index in [2.05, 4.69) is 23.8 Å². The highest BCUT2D eigenvalue weighted by molar-refractivity contribution is 5.86. The molecule has 0 bridgehead atoms. The predicted molar refractivity (Wildman–Crippen MR) is 149 cm³/mol. The number of carbonyl (C=O) groups excluding carboxylic acids is 3. The van der Waals surface area contributed by atoms with Crippen molar-refractivity contribution in [3.8, 4) is 0 Å². The van der Waals surface area contributed by atoms with E-state index in [9.17, 15) is 18.8 Å². The molecule has 0 spiro atoms. The molecule has 0 fully saturated rings. The van der Waals surface area contributed by atoms with Crippen LogP contribution in [-0.4, -0.2) is 48.7 Å². The Labute approximate surface area is 230 Å². The van der Waals surface area contributed by atoms with E-state index in [1.54, 1.807) is 24.3 Å². The molecule has 0 radical (unpaired) electrons. The number of carbonyl (C=O) groups is 3. The van der Waals surface area contributed by atoms with Gasteiger partial charge in [0.15, 0.2) is 0 Å². The standard InChI is InChI=1S/C31H39FN2O5/c1-3-5-12-26(19-24-13-15-27(32)16-14-24)31(38)39-22-28(20-23-10-7-6-8-11-23)34-30(37)25(9-4-2)21-29(36)33-17-18-35/h3-4,6-8,10-11,13-16,25-26,28,35H,1-2,5,9,12,17-22H2,(H,33,36)(H,34,37)/t25-,26+,28-/m1/s1. The van der Waals surface area contributed by atoms with Crippen LogP contribution >= 0.6 is 0 Å². The molecule has 8 heteroatoms. The van der Waals surface area contributed by atoms with E-state index in [1.165, 1.54) is 12.1 Å². The number of hydrogen-bond donors (Lipinski definition) is 3. The minimum Gasteiger partial charge on any atom is -0.463 e. The van der Waals surface area contributed by atoms with Crippen molar-refractivity contribution in [2.45, 2.75) is 44.6 Å². The molecule has 0 aliphatic heterocycles. The molecular weight excluding hydrogens is 499 g/mol. The summed E-state index contributed by atoms with van der Waals surface area (Å²) in [5, 5.41) is 14.4. The normalized spacial score (nSPS) is 13.0. The van der Waals surface area contributed by atoms with Crippen molar-refractivity contribution in [1.82, 2.24) is 10.6 Å². The molecule has 7 nitrogen and oxygen atoms in total. The maximum Gasteiger partial charge on any atom is 0.309 e. The van der Waals surface area contributed by atoms with Gasteiger partial charge in [0, 0.05) is 13.0 Å². The van der Waals surface area contributed by atoms with Gasteiger partial charge >= 0.3 is 5.97 Å². The summed E-state index contributed by atoms with van der Waals surface area (Å²) in [6.07, 6.45) is 5.51. The largest absolute Gasteiger partial charge is 0.463 e. The highest BCUT2D eigenvalue weighted by atomic mass is 19.1. The predicted octanol–water partition coefficient (Wildman–Crippen LogP) is 3.91. The van der Waals surface area contributed by atoms with E-state index < -0.39 is 23.8 Å². The zero-order chi connectivity index (χ0) is 28.5. The first kappa shape index (κ1) is 31.4. The number of ether oxygens (including phenoxy) is 1. The first-order valence-corrected chi connectivity index (χ1v) is 13.2. The summed E-state index contributed by atoms with van der Waals surface area (Å²) in [5.41, 5.74) is 1.78. The summed E-state index contributed by atoms with van der Waals surface area (Å²) in [5.74, 6) is -2.55. The summed E-state index contributed by atoms with van der Waals surface area (Å²) < 4.78 is 19.0. The lowest BCUT2D eigenvalue weighted by Crippen LogP contribution is -2.44. The molecule has 0 aliphatic rings. The molecule has 0 saturated heterocycles. The first-order chi connectivity index (χ1) is 18.9. The van der Waals surface area contributed by atoms with Crippen molar-refractivity contribution in [2.24, 2.45) is 11.8 Å². The number of hydrogen-bond acceptors (Lipinski definition) is 5. The number of aliphatic hydroxyl groups is 1. The third-order valence-corrected chi connectivity index (χ3v) is 6.23.